The van der Waals surface area contributed by atoms with Gasteiger partial charge in [0.1, 0.15) is 18.2 Å². The molecule has 1 saturated carbocycles. The molecule has 4 N–H and O–H groups in total. The van der Waals surface area contributed by atoms with E-state index in [-0.39, 0.29) is 29.0 Å². The van der Waals surface area contributed by atoms with Gasteiger partial charge in [-0.15, -0.1) is 11.3 Å². The third-order valence-corrected chi connectivity index (χ3v) is 8.41. The summed E-state index contributed by atoms with van der Waals surface area (Å²) in [4.78, 5) is 27.4. The second-order valence-corrected chi connectivity index (χ2v) is 12.2. The fraction of sp³-hybridized carbons (Fsp3) is 0.417. The van der Waals surface area contributed by atoms with Crippen LogP contribution in [0.5, 0.6) is 0 Å². The topological polar surface area (TPSA) is 167 Å². The largest absolute Gasteiger partial charge is 0.393 e. The van der Waals surface area contributed by atoms with E-state index in [9.17, 15) is 18.3 Å². The number of fused-ring (bicyclic) bond motifs is 1. The van der Waals surface area contributed by atoms with Crippen LogP contribution in [-0.4, -0.2) is 59.6 Å². The number of aliphatic hydroxyl groups is 1. The van der Waals surface area contributed by atoms with E-state index in [1.807, 2.05) is 25.1 Å². The number of nitrogens with zero attached hydrogens (tertiary/aromatic N) is 3. The molecule has 38 heavy (non-hydrogen) atoms. The molecule has 0 radical (unpaired) electrons. The van der Waals surface area contributed by atoms with Crippen LogP contribution in [0.15, 0.2) is 30.7 Å². The Kier molecular flexibility index (Phi) is 7.78. The molecule has 2 aliphatic rings. The minimum Gasteiger partial charge on any atom is -0.393 e. The lowest BCUT2D eigenvalue weighted by molar-refractivity contribution is 0.0670. The first kappa shape index (κ1) is 27.1. The van der Waals surface area contributed by atoms with E-state index >= 15 is 0 Å². The van der Waals surface area contributed by atoms with Crippen molar-refractivity contribution in [3.63, 3.8) is 0 Å². The van der Waals surface area contributed by atoms with Gasteiger partial charge in [0, 0.05) is 28.1 Å². The number of ether oxygens (including phenoxy) is 1. The number of nitrogens with one attached hydrogen (secondary N) is 1. The molecule has 0 unspecified atom stereocenters. The van der Waals surface area contributed by atoms with E-state index in [1.54, 1.807) is 0 Å². The Morgan fingerprint density at radius 2 is 2.18 bits per heavy atom. The van der Waals surface area contributed by atoms with Crippen LogP contribution in [0.3, 0.4) is 0 Å². The zero-order valence-electron chi connectivity index (χ0n) is 20.3. The summed E-state index contributed by atoms with van der Waals surface area (Å²) in [6, 6.07) is 5.46. The summed E-state index contributed by atoms with van der Waals surface area (Å²) in [6.07, 6.45) is 3.02. The van der Waals surface area contributed by atoms with Gasteiger partial charge in [-0.1, -0.05) is 17.7 Å². The van der Waals surface area contributed by atoms with Crippen LogP contribution in [0, 0.1) is 12.8 Å². The maximum atomic E-state index is 13.5. The number of aromatic nitrogens is 3. The zero-order valence-corrected chi connectivity index (χ0v) is 22.7. The van der Waals surface area contributed by atoms with Gasteiger partial charge >= 0.3 is 10.3 Å². The van der Waals surface area contributed by atoms with Gasteiger partial charge in [0.05, 0.1) is 30.6 Å². The minimum atomic E-state index is -4.11. The number of hydrogen-bond acceptors (Lipinski definition) is 11. The van der Waals surface area contributed by atoms with Gasteiger partial charge in [-0.2, -0.15) is 8.42 Å². The van der Waals surface area contributed by atoms with Gasteiger partial charge in [-0.25, -0.2) is 20.1 Å². The Bertz CT molecular complexity index is 1470. The highest BCUT2D eigenvalue weighted by Crippen LogP contribution is 2.37. The number of aliphatic hydroxyl groups excluding tert-OH is 1. The Morgan fingerprint density at radius 3 is 2.97 bits per heavy atom. The van der Waals surface area contributed by atoms with Crippen molar-refractivity contribution in [2.24, 2.45) is 11.1 Å². The molecule has 11 nitrogen and oxygen atoms in total. The molecule has 3 aromatic rings. The molecule has 1 aliphatic carbocycles. The Labute approximate surface area is 228 Å². The van der Waals surface area contributed by atoms with Gasteiger partial charge in [-0.05, 0) is 49.4 Å². The number of hydrogen-bond donors (Lipinski definition) is 3. The molecular formula is C24H26ClN5O6S2. The van der Waals surface area contributed by atoms with Gasteiger partial charge < -0.3 is 15.2 Å². The number of anilines is 1. The number of aryl methyl sites for hydroxylation is 1. The van der Waals surface area contributed by atoms with Crippen LogP contribution < -0.4 is 10.5 Å². The molecule has 5 rings (SSSR count). The molecule has 0 saturated heterocycles. The van der Waals surface area contributed by atoms with Crippen molar-refractivity contribution in [3.05, 3.63) is 68.0 Å². The molecule has 3 heterocycles. The van der Waals surface area contributed by atoms with E-state index in [4.69, 9.17) is 21.5 Å². The van der Waals surface area contributed by atoms with Crippen molar-refractivity contribution in [2.75, 3.05) is 18.5 Å². The standard InChI is InChI=1S/C24H26ClN5O6S2/c1-12-20(22-17-7-15(25)3-2-13(17)4-5-35-22)30-24(37-12)21(32)18-9-27-11-28-23(18)29-16-6-14(19(31)8-16)10-36-38(26,33)34/h2-3,7,9,11,14,16,19,22,31H,4-6,8,10H2,1H3,(H2,26,33,34)(H,27,28,29)/t14-,16-,19+,22+/m1/s1. The highest BCUT2D eigenvalue weighted by Gasteiger charge is 2.35. The summed E-state index contributed by atoms with van der Waals surface area (Å²) >= 11 is 7.51. The van der Waals surface area contributed by atoms with E-state index in [1.165, 1.54) is 23.9 Å². The zero-order chi connectivity index (χ0) is 27.0. The Balaban J connectivity index is 1.35. The monoisotopic (exact) mass is 579 g/mol. The predicted octanol–water partition coefficient (Wildman–Crippen LogP) is 2.56. The van der Waals surface area contributed by atoms with Crippen molar-refractivity contribution >= 4 is 44.8 Å². The number of rotatable bonds is 8. The maximum Gasteiger partial charge on any atom is 0.333 e. The van der Waals surface area contributed by atoms with Gasteiger partial charge in [0.25, 0.3) is 0 Å². The molecule has 1 fully saturated rings. The Hall–Kier alpha value is -2.52. The number of thiazole rings is 1. The molecule has 1 aromatic carbocycles. The average Bonchev–Trinajstić information content (AvgIpc) is 3.43. The summed E-state index contributed by atoms with van der Waals surface area (Å²) in [6.45, 7) is 2.21. The second-order valence-electron chi connectivity index (χ2n) is 9.34. The van der Waals surface area contributed by atoms with Crippen LogP contribution in [0.4, 0.5) is 5.82 Å². The molecule has 0 bridgehead atoms. The number of nitrogens with two attached hydrogens (primary N) is 1. The lowest BCUT2D eigenvalue weighted by Crippen LogP contribution is -2.24. The van der Waals surface area contributed by atoms with Crippen LogP contribution in [0.2, 0.25) is 5.02 Å². The third kappa shape index (κ3) is 5.88. The summed E-state index contributed by atoms with van der Waals surface area (Å²) in [7, 11) is -4.11. The van der Waals surface area contributed by atoms with Crippen LogP contribution in [-0.2, 0) is 25.6 Å². The first-order valence-electron chi connectivity index (χ1n) is 11.9. The number of halogens is 1. The normalized spacial score (nSPS) is 23.3. The number of carbonyl (C=O) groups is 1. The molecule has 4 atom stereocenters. The van der Waals surface area contributed by atoms with E-state index in [0.29, 0.717) is 36.0 Å². The smallest absolute Gasteiger partial charge is 0.333 e. The molecule has 2 aromatic heterocycles. The second kappa shape index (κ2) is 10.9. The number of carbonyl (C=O) groups excluding carboxylic acids is 1. The molecule has 0 spiro atoms. The van der Waals surface area contributed by atoms with Gasteiger partial charge in [0.2, 0.25) is 5.78 Å². The molecule has 202 valence electrons. The van der Waals surface area contributed by atoms with E-state index < -0.39 is 28.4 Å². The number of benzene rings is 1. The summed E-state index contributed by atoms with van der Waals surface area (Å²) in [5.41, 5.74) is 2.99. The van der Waals surface area contributed by atoms with Crippen LogP contribution >= 0.6 is 22.9 Å². The molecular weight excluding hydrogens is 554 g/mol. The van der Waals surface area contributed by atoms with Crippen molar-refractivity contribution in [2.45, 2.75) is 44.4 Å². The fourth-order valence-corrected chi connectivity index (χ4v) is 6.33. The predicted molar refractivity (Wildman–Crippen MR) is 140 cm³/mol. The Morgan fingerprint density at radius 1 is 1.37 bits per heavy atom. The van der Waals surface area contributed by atoms with E-state index in [0.717, 1.165) is 22.4 Å². The van der Waals surface area contributed by atoms with Crippen molar-refractivity contribution in [3.8, 4) is 0 Å². The van der Waals surface area contributed by atoms with Gasteiger partial charge in [0.15, 0.2) is 5.01 Å². The average molecular weight is 580 g/mol. The fourth-order valence-electron chi connectivity index (χ4n) is 4.89. The van der Waals surface area contributed by atoms with Crippen LogP contribution in [0.1, 0.15) is 56.0 Å². The van der Waals surface area contributed by atoms with Crippen molar-refractivity contribution in [1.29, 1.82) is 0 Å². The summed E-state index contributed by atoms with van der Waals surface area (Å²) < 4.78 is 32.9. The molecule has 14 heteroatoms. The lowest BCUT2D eigenvalue weighted by atomic mass is 9.95. The van der Waals surface area contributed by atoms with Crippen LogP contribution in [0.25, 0.3) is 0 Å². The highest BCUT2D eigenvalue weighted by atomic mass is 35.5. The van der Waals surface area contributed by atoms with Crippen molar-refractivity contribution in [1.82, 2.24) is 15.0 Å². The lowest BCUT2D eigenvalue weighted by Gasteiger charge is -2.25. The first-order valence-corrected chi connectivity index (χ1v) is 14.6. The molecule has 1 aliphatic heterocycles. The summed E-state index contributed by atoms with van der Waals surface area (Å²) in [5.74, 6) is -0.485. The molecule has 0 amide bonds. The van der Waals surface area contributed by atoms with Crippen molar-refractivity contribution < 1.29 is 27.2 Å². The highest BCUT2D eigenvalue weighted by molar-refractivity contribution is 7.84. The first-order chi connectivity index (χ1) is 18.1. The quantitative estimate of drug-likeness (QED) is 0.337. The van der Waals surface area contributed by atoms with E-state index in [2.05, 4.69) is 24.5 Å². The van der Waals surface area contributed by atoms with Gasteiger partial charge in [-0.3, -0.25) is 8.98 Å². The third-order valence-electron chi connectivity index (χ3n) is 6.72. The minimum absolute atomic E-state index is 0.230. The maximum absolute atomic E-state index is 13.5. The SMILES string of the molecule is Cc1sc(C(=O)c2cncnc2N[C@@H]2C[C@H](COS(N)(=O)=O)[C@@H](O)C2)nc1[C@H]1OCCc2ccc(Cl)cc21. The summed E-state index contributed by atoms with van der Waals surface area (Å²) in [5, 5.41) is 19.3. The number of ketones is 1.